The van der Waals surface area contributed by atoms with Crippen LogP contribution in [0.5, 0.6) is 5.75 Å². The van der Waals surface area contributed by atoms with Crippen LogP contribution in [0, 0.1) is 6.92 Å². The number of ether oxygens (including phenoxy) is 1. The minimum atomic E-state index is -0.691. The molecule has 1 aliphatic rings. The largest absolute Gasteiger partial charge is 0.507 e. The molecule has 0 aliphatic heterocycles. The second kappa shape index (κ2) is 6.41. The molecular weight excluding hydrogens is 258 g/mol. The summed E-state index contributed by atoms with van der Waals surface area (Å²) in [5.74, 6) is -1.12. The molecule has 0 radical (unpaired) electrons. The van der Waals surface area contributed by atoms with Crippen molar-refractivity contribution in [1.29, 1.82) is 0 Å². The zero-order valence-corrected chi connectivity index (χ0v) is 11.5. The molecule has 0 atom stereocenters. The molecular formula is C15H19NO4. The maximum Gasteiger partial charge on any atom is 0.342 e. The van der Waals surface area contributed by atoms with Crippen LogP contribution in [-0.4, -0.2) is 29.6 Å². The topological polar surface area (TPSA) is 75.6 Å². The van der Waals surface area contributed by atoms with Crippen molar-refractivity contribution >= 4 is 11.9 Å². The van der Waals surface area contributed by atoms with Gasteiger partial charge in [-0.05, 0) is 37.5 Å². The van der Waals surface area contributed by atoms with Gasteiger partial charge in [0.2, 0.25) is 0 Å². The molecule has 20 heavy (non-hydrogen) atoms. The van der Waals surface area contributed by atoms with Gasteiger partial charge < -0.3 is 15.2 Å². The fraction of sp³-hybridized carbons (Fsp3) is 0.467. The molecule has 2 rings (SSSR count). The first kappa shape index (κ1) is 14.4. The molecule has 1 saturated carbocycles. The third-order valence-electron chi connectivity index (χ3n) is 3.43. The molecule has 0 bridgehead atoms. The molecule has 1 aliphatic carbocycles. The van der Waals surface area contributed by atoms with Gasteiger partial charge in [0.25, 0.3) is 5.91 Å². The molecule has 0 saturated heterocycles. The van der Waals surface area contributed by atoms with Crippen molar-refractivity contribution in [1.82, 2.24) is 5.32 Å². The normalized spacial score (nSPS) is 15.1. The van der Waals surface area contributed by atoms with Gasteiger partial charge in [-0.15, -0.1) is 0 Å². The predicted octanol–water partition coefficient (Wildman–Crippen LogP) is 1.92. The lowest BCUT2D eigenvalue weighted by atomic mass is 10.1. The Labute approximate surface area is 117 Å². The molecule has 0 aromatic heterocycles. The van der Waals surface area contributed by atoms with Crippen molar-refractivity contribution in [3.05, 3.63) is 29.3 Å². The van der Waals surface area contributed by atoms with Crippen molar-refractivity contribution in [3.63, 3.8) is 0 Å². The summed E-state index contributed by atoms with van der Waals surface area (Å²) in [6.07, 6.45) is 4.22. The molecule has 1 amide bonds. The number of carbonyl (C=O) groups is 2. The molecule has 1 fully saturated rings. The van der Waals surface area contributed by atoms with E-state index in [-0.39, 0.29) is 29.9 Å². The lowest BCUT2D eigenvalue weighted by Gasteiger charge is -2.12. The van der Waals surface area contributed by atoms with Gasteiger partial charge in [-0.25, -0.2) is 4.79 Å². The Hall–Kier alpha value is -2.04. The van der Waals surface area contributed by atoms with Crippen LogP contribution in [0.3, 0.4) is 0 Å². The summed E-state index contributed by atoms with van der Waals surface area (Å²) < 4.78 is 4.91. The Morgan fingerprint density at radius 3 is 2.70 bits per heavy atom. The van der Waals surface area contributed by atoms with Crippen LogP contribution < -0.4 is 5.32 Å². The number of nitrogens with one attached hydrogen (secondary N) is 1. The third-order valence-corrected chi connectivity index (χ3v) is 3.43. The molecule has 0 heterocycles. The first-order valence-electron chi connectivity index (χ1n) is 6.82. The van der Waals surface area contributed by atoms with Gasteiger partial charge in [-0.2, -0.15) is 0 Å². The Kier molecular flexibility index (Phi) is 4.61. The quantitative estimate of drug-likeness (QED) is 0.824. The maximum atomic E-state index is 11.8. The zero-order valence-electron chi connectivity index (χ0n) is 11.5. The lowest BCUT2D eigenvalue weighted by molar-refractivity contribution is -0.124. The molecule has 0 spiro atoms. The van der Waals surface area contributed by atoms with E-state index in [9.17, 15) is 14.7 Å². The molecule has 5 nitrogen and oxygen atoms in total. The fourth-order valence-corrected chi connectivity index (χ4v) is 2.36. The van der Waals surface area contributed by atoms with E-state index in [2.05, 4.69) is 5.32 Å². The fourth-order valence-electron chi connectivity index (χ4n) is 2.36. The van der Waals surface area contributed by atoms with Crippen LogP contribution >= 0.6 is 0 Å². The monoisotopic (exact) mass is 277 g/mol. The van der Waals surface area contributed by atoms with Crippen LogP contribution in [0.25, 0.3) is 0 Å². The number of phenolic OH excluding ortho intramolecular Hbond substituents is 1. The van der Waals surface area contributed by atoms with E-state index in [0.29, 0.717) is 0 Å². The lowest BCUT2D eigenvalue weighted by Crippen LogP contribution is -2.35. The number of esters is 1. The standard InChI is InChI=1S/C15H19NO4/c1-10-6-7-12(13(17)8-10)15(19)20-9-14(18)16-11-4-2-3-5-11/h6-8,11,17H,2-5,9H2,1H3,(H,16,18). The number of aromatic hydroxyl groups is 1. The van der Waals surface area contributed by atoms with Crippen molar-refractivity contribution < 1.29 is 19.4 Å². The minimum absolute atomic E-state index is 0.0734. The summed E-state index contributed by atoms with van der Waals surface area (Å²) in [4.78, 5) is 23.4. The van der Waals surface area contributed by atoms with E-state index in [1.807, 2.05) is 6.92 Å². The predicted molar refractivity (Wildman–Crippen MR) is 73.5 cm³/mol. The average Bonchev–Trinajstić information content (AvgIpc) is 2.89. The van der Waals surface area contributed by atoms with Crippen molar-refractivity contribution in [2.75, 3.05) is 6.61 Å². The SMILES string of the molecule is Cc1ccc(C(=O)OCC(=O)NC2CCCC2)c(O)c1. The van der Waals surface area contributed by atoms with E-state index >= 15 is 0 Å². The van der Waals surface area contributed by atoms with E-state index in [0.717, 1.165) is 31.2 Å². The molecule has 1 aromatic rings. The van der Waals surface area contributed by atoms with Gasteiger partial charge in [-0.3, -0.25) is 4.79 Å². The number of carbonyl (C=O) groups excluding carboxylic acids is 2. The maximum absolute atomic E-state index is 11.8. The van der Waals surface area contributed by atoms with Crippen LogP contribution in [0.2, 0.25) is 0 Å². The van der Waals surface area contributed by atoms with E-state index in [1.165, 1.54) is 12.1 Å². The summed E-state index contributed by atoms with van der Waals surface area (Å²) >= 11 is 0. The molecule has 108 valence electrons. The molecule has 2 N–H and O–H groups in total. The summed E-state index contributed by atoms with van der Waals surface area (Å²) in [6, 6.07) is 4.88. The van der Waals surface area contributed by atoms with Gasteiger partial charge in [0.1, 0.15) is 11.3 Å². The molecule has 1 aromatic carbocycles. The average molecular weight is 277 g/mol. The summed E-state index contributed by atoms with van der Waals surface area (Å²) in [5, 5.41) is 12.5. The second-order valence-electron chi connectivity index (χ2n) is 5.15. The molecule has 5 heteroatoms. The molecule has 0 unspecified atom stereocenters. The number of phenols is 1. The van der Waals surface area contributed by atoms with Gasteiger partial charge in [-0.1, -0.05) is 18.9 Å². The van der Waals surface area contributed by atoms with Crippen LogP contribution in [0.15, 0.2) is 18.2 Å². The minimum Gasteiger partial charge on any atom is -0.507 e. The highest BCUT2D eigenvalue weighted by molar-refractivity contribution is 5.93. The number of hydrogen-bond acceptors (Lipinski definition) is 4. The first-order valence-corrected chi connectivity index (χ1v) is 6.82. The van der Waals surface area contributed by atoms with Crippen LogP contribution in [0.4, 0.5) is 0 Å². The van der Waals surface area contributed by atoms with Crippen molar-refractivity contribution in [2.24, 2.45) is 0 Å². The van der Waals surface area contributed by atoms with Gasteiger partial charge in [0, 0.05) is 6.04 Å². The zero-order chi connectivity index (χ0) is 14.5. The number of hydrogen-bond donors (Lipinski definition) is 2. The van der Waals surface area contributed by atoms with E-state index in [4.69, 9.17) is 4.74 Å². The summed E-state index contributed by atoms with van der Waals surface area (Å²) in [7, 11) is 0. The van der Waals surface area contributed by atoms with Crippen LogP contribution in [-0.2, 0) is 9.53 Å². The number of aryl methyl sites for hydroxylation is 1. The third kappa shape index (κ3) is 3.73. The number of rotatable bonds is 4. The first-order chi connectivity index (χ1) is 9.56. The highest BCUT2D eigenvalue weighted by atomic mass is 16.5. The Balaban J connectivity index is 1.83. The Morgan fingerprint density at radius 2 is 2.05 bits per heavy atom. The highest BCUT2D eigenvalue weighted by Crippen LogP contribution is 2.19. The van der Waals surface area contributed by atoms with Crippen molar-refractivity contribution in [2.45, 2.75) is 38.6 Å². The van der Waals surface area contributed by atoms with E-state index < -0.39 is 5.97 Å². The van der Waals surface area contributed by atoms with E-state index in [1.54, 1.807) is 6.07 Å². The summed E-state index contributed by atoms with van der Waals surface area (Å²) in [5.41, 5.74) is 0.919. The van der Waals surface area contributed by atoms with Crippen molar-refractivity contribution in [3.8, 4) is 5.75 Å². The Bertz CT molecular complexity index is 507. The smallest absolute Gasteiger partial charge is 0.342 e. The van der Waals surface area contributed by atoms with Gasteiger partial charge >= 0.3 is 5.97 Å². The number of benzene rings is 1. The highest BCUT2D eigenvalue weighted by Gasteiger charge is 2.19. The second-order valence-corrected chi connectivity index (χ2v) is 5.15. The van der Waals surface area contributed by atoms with Crippen LogP contribution in [0.1, 0.15) is 41.6 Å². The van der Waals surface area contributed by atoms with Gasteiger partial charge in [0.15, 0.2) is 6.61 Å². The van der Waals surface area contributed by atoms with Gasteiger partial charge in [0.05, 0.1) is 0 Å². The summed E-state index contributed by atoms with van der Waals surface area (Å²) in [6.45, 7) is 1.49. The number of amides is 1. The Morgan fingerprint density at radius 1 is 1.35 bits per heavy atom.